The number of nitrogens with zero attached hydrogens (tertiary/aromatic N) is 3. The average molecular weight is 462 g/mol. The van der Waals surface area contributed by atoms with Crippen molar-refractivity contribution in [3.8, 4) is 5.75 Å². The third-order valence-electron chi connectivity index (χ3n) is 6.16. The van der Waals surface area contributed by atoms with Crippen molar-refractivity contribution < 1.29 is 24.1 Å². The molecule has 2 saturated heterocycles. The molecule has 1 aromatic carbocycles. The third-order valence-corrected chi connectivity index (χ3v) is 6.16. The fourth-order valence-electron chi connectivity index (χ4n) is 4.42. The van der Waals surface area contributed by atoms with E-state index in [1.54, 1.807) is 13.2 Å². The summed E-state index contributed by atoms with van der Waals surface area (Å²) in [5.74, 6) is 0.977. The van der Waals surface area contributed by atoms with Crippen molar-refractivity contribution in [2.24, 2.45) is 0 Å². The van der Waals surface area contributed by atoms with Crippen molar-refractivity contribution >= 4 is 5.91 Å². The minimum atomic E-state index is -0.507. The summed E-state index contributed by atoms with van der Waals surface area (Å²) >= 11 is 0. The molecular formula is C25H39N3O5. The number of aliphatic hydroxyl groups excluding tert-OH is 1. The Hall–Kier alpha value is -1.97. The van der Waals surface area contributed by atoms with Gasteiger partial charge in [0.2, 0.25) is 5.91 Å². The Morgan fingerprint density at radius 2 is 2.03 bits per heavy atom. The molecule has 184 valence electrons. The summed E-state index contributed by atoms with van der Waals surface area (Å²) in [7, 11) is 1.64. The first-order valence-corrected chi connectivity index (χ1v) is 11.9. The third kappa shape index (κ3) is 8.72. The van der Waals surface area contributed by atoms with Gasteiger partial charge >= 0.3 is 0 Å². The summed E-state index contributed by atoms with van der Waals surface area (Å²) in [5, 5.41) is 10.2. The highest BCUT2D eigenvalue weighted by atomic mass is 16.5. The molecule has 0 saturated carbocycles. The lowest BCUT2D eigenvalue weighted by Crippen LogP contribution is -2.50. The van der Waals surface area contributed by atoms with Crippen LogP contribution in [0.1, 0.15) is 12.0 Å². The van der Waals surface area contributed by atoms with Gasteiger partial charge in [0.05, 0.1) is 45.6 Å². The van der Waals surface area contributed by atoms with Crippen LogP contribution in [0.25, 0.3) is 0 Å². The van der Waals surface area contributed by atoms with Gasteiger partial charge in [-0.1, -0.05) is 18.2 Å². The molecule has 1 N–H and O–H groups in total. The molecule has 2 aliphatic rings. The number of benzene rings is 1. The number of hydrogen-bond acceptors (Lipinski definition) is 7. The van der Waals surface area contributed by atoms with E-state index in [1.165, 1.54) is 0 Å². The normalized spacial score (nSPS) is 21.4. The molecule has 2 fully saturated rings. The maximum atomic E-state index is 12.8. The second-order valence-electron chi connectivity index (χ2n) is 8.79. The number of carbonyl (C=O) groups excluding carboxylic acids is 1. The van der Waals surface area contributed by atoms with Gasteiger partial charge in [-0.25, -0.2) is 0 Å². The quantitative estimate of drug-likeness (QED) is 0.390. The topological polar surface area (TPSA) is 74.7 Å². The van der Waals surface area contributed by atoms with Gasteiger partial charge in [-0.15, -0.1) is 6.58 Å². The first-order chi connectivity index (χ1) is 16.1. The van der Waals surface area contributed by atoms with Gasteiger partial charge in [0.25, 0.3) is 0 Å². The monoisotopic (exact) mass is 461 g/mol. The molecule has 1 aromatic rings. The van der Waals surface area contributed by atoms with Crippen LogP contribution in [-0.2, 0) is 20.7 Å². The summed E-state index contributed by atoms with van der Waals surface area (Å²) < 4.78 is 16.5. The number of β-amino-alcohol motifs (C(OH)–C–C–N with tert-alkyl or cyclic N) is 1. The van der Waals surface area contributed by atoms with Gasteiger partial charge in [0.15, 0.2) is 0 Å². The van der Waals surface area contributed by atoms with E-state index in [0.717, 1.165) is 63.5 Å². The van der Waals surface area contributed by atoms with Crippen molar-refractivity contribution in [1.29, 1.82) is 0 Å². The molecule has 8 nitrogen and oxygen atoms in total. The minimum Gasteiger partial charge on any atom is -0.497 e. The molecule has 2 atom stereocenters. The van der Waals surface area contributed by atoms with Gasteiger partial charge in [-0.2, -0.15) is 0 Å². The van der Waals surface area contributed by atoms with Crippen LogP contribution >= 0.6 is 0 Å². The summed E-state index contributed by atoms with van der Waals surface area (Å²) in [4.78, 5) is 19.5. The van der Waals surface area contributed by atoms with E-state index in [4.69, 9.17) is 14.2 Å². The molecular weight excluding hydrogens is 422 g/mol. The number of ether oxygens (including phenoxy) is 3. The molecule has 3 rings (SSSR count). The predicted molar refractivity (Wildman–Crippen MR) is 128 cm³/mol. The molecule has 2 heterocycles. The van der Waals surface area contributed by atoms with Crippen LogP contribution in [-0.4, -0.2) is 117 Å². The number of amides is 1. The zero-order valence-electron chi connectivity index (χ0n) is 19.9. The SMILES string of the molecule is C=CCOC[C@@H](O)CN1CCO[C@@H](CN2CCCN(C(=O)Cc3ccc(OC)cc3)CC2)C1. The first-order valence-electron chi connectivity index (χ1n) is 11.9. The highest BCUT2D eigenvalue weighted by Gasteiger charge is 2.26. The standard InChI is InChI=1S/C25H39N3O5/c1-3-14-32-20-22(29)17-27-13-15-33-24(19-27)18-26-9-4-10-28(12-11-26)25(30)16-21-5-7-23(31-2)8-6-21/h3,5-8,22,24,29H,1,4,9-20H2,2H3/t22-,24-/m0/s1. The predicted octanol–water partition coefficient (Wildman–Crippen LogP) is 1.04. The van der Waals surface area contributed by atoms with Crippen LogP contribution < -0.4 is 4.74 Å². The Kier molecular flexibility index (Phi) is 10.6. The number of aliphatic hydroxyl groups is 1. The number of carbonyl (C=O) groups is 1. The lowest BCUT2D eigenvalue weighted by molar-refractivity contribution is -0.130. The van der Waals surface area contributed by atoms with Crippen molar-refractivity contribution in [2.75, 3.05) is 79.3 Å². The smallest absolute Gasteiger partial charge is 0.227 e. The molecule has 0 radical (unpaired) electrons. The zero-order valence-corrected chi connectivity index (χ0v) is 19.9. The molecule has 0 unspecified atom stereocenters. The van der Waals surface area contributed by atoms with Crippen LogP contribution in [0, 0.1) is 0 Å². The Bertz CT molecular complexity index is 729. The number of rotatable bonds is 11. The Morgan fingerprint density at radius 1 is 1.21 bits per heavy atom. The lowest BCUT2D eigenvalue weighted by atomic mass is 10.1. The van der Waals surface area contributed by atoms with E-state index in [2.05, 4.69) is 16.4 Å². The second kappa shape index (κ2) is 13.7. The van der Waals surface area contributed by atoms with E-state index in [9.17, 15) is 9.90 Å². The van der Waals surface area contributed by atoms with Crippen LogP contribution in [0.4, 0.5) is 0 Å². The Labute approximate surface area is 197 Å². The summed E-state index contributed by atoms with van der Waals surface area (Å²) in [6.45, 7) is 11.5. The van der Waals surface area contributed by atoms with Crippen LogP contribution in [0.5, 0.6) is 5.75 Å². The average Bonchev–Trinajstić information content (AvgIpc) is 3.05. The van der Waals surface area contributed by atoms with Crippen molar-refractivity contribution in [2.45, 2.75) is 25.0 Å². The van der Waals surface area contributed by atoms with Crippen LogP contribution in [0.3, 0.4) is 0 Å². The fourth-order valence-corrected chi connectivity index (χ4v) is 4.42. The maximum absolute atomic E-state index is 12.8. The Morgan fingerprint density at radius 3 is 2.79 bits per heavy atom. The molecule has 8 heteroatoms. The van der Waals surface area contributed by atoms with Crippen molar-refractivity contribution in [1.82, 2.24) is 14.7 Å². The molecule has 0 bridgehead atoms. The molecule has 0 aromatic heterocycles. The van der Waals surface area contributed by atoms with Crippen molar-refractivity contribution in [3.63, 3.8) is 0 Å². The van der Waals surface area contributed by atoms with Gasteiger partial charge in [0, 0.05) is 45.8 Å². The molecule has 0 spiro atoms. The van der Waals surface area contributed by atoms with Crippen molar-refractivity contribution in [3.05, 3.63) is 42.5 Å². The van der Waals surface area contributed by atoms with E-state index in [0.29, 0.717) is 32.8 Å². The van der Waals surface area contributed by atoms with Crippen LogP contribution in [0.15, 0.2) is 36.9 Å². The minimum absolute atomic E-state index is 0.113. The van der Waals surface area contributed by atoms with Gasteiger partial charge in [-0.05, 0) is 30.7 Å². The fraction of sp³-hybridized carbons (Fsp3) is 0.640. The molecule has 1 amide bonds. The molecule has 33 heavy (non-hydrogen) atoms. The zero-order chi connectivity index (χ0) is 23.5. The summed E-state index contributed by atoms with van der Waals surface area (Å²) in [5.41, 5.74) is 1.01. The van der Waals surface area contributed by atoms with Gasteiger partial charge < -0.3 is 24.2 Å². The summed E-state index contributed by atoms with van der Waals surface area (Å²) in [6, 6.07) is 7.70. The van der Waals surface area contributed by atoms with Crippen LogP contribution in [0.2, 0.25) is 0 Å². The highest BCUT2D eigenvalue weighted by molar-refractivity contribution is 5.78. The second-order valence-corrected chi connectivity index (χ2v) is 8.79. The first kappa shape index (κ1) is 25.6. The highest BCUT2D eigenvalue weighted by Crippen LogP contribution is 2.14. The van der Waals surface area contributed by atoms with Gasteiger partial charge in [0.1, 0.15) is 5.75 Å². The van der Waals surface area contributed by atoms with E-state index >= 15 is 0 Å². The summed E-state index contributed by atoms with van der Waals surface area (Å²) in [6.07, 6.45) is 2.67. The number of morpholine rings is 1. The molecule has 0 aliphatic carbocycles. The van der Waals surface area contributed by atoms with E-state index in [1.807, 2.05) is 29.2 Å². The lowest BCUT2D eigenvalue weighted by Gasteiger charge is -2.36. The Balaban J connectivity index is 1.40. The number of methoxy groups -OCH3 is 1. The largest absolute Gasteiger partial charge is 0.497 e. The van der Waals surface area contributed by atoms with E-state index < -0.39 is 6.10 Å². The number of hydrogen-bond donors (Lipinski definition) is 1. The maximum Gasteiger partial charge on any atom is 0.227 e. The molecule has 2 aliphatic heterocycles. The van der Waals surface area contributed by atoms with E-state index in [-0.39, 0.29) is 12.0 Å². The van der Waals surface area contributed by atoms with Gasteiger partial charge in [-0.3, -0.25) is 14.6 Å².